The number of allylic oxidation sites excluding steroid dienone is 1. The van der Waals surface area contributed by atoms with Gasteiger partial charge in [-0.25, -0.2) is 0 Å². The first kappa shape index (κ1) is 20.2. The molecule has 0 spiro atoms. The van der Waals surface area contributed by atoms with E-state index in [9.17, 15) is 4.79 Å². The molecule has 0 aromatic heterocycles. The van der Waals surface area contributed by atoms with Gasteiger partial charge in [0.25, 0.3) is 5.91 Å². The molecule has 6 nitrogen and oxygen atoms in total. The zero-order valence-corrected chi connectivity index (χ0v) is 17.1. The van der Waals surface area contributed by atoms with E-state index in [1.165, 1.54) is 0 Å². The summed E-state index contributed by atoms with van der Waals surface area (Å²) in [6.45, 7) is 13.5. The molecule has 27 heavy (non-hydrogen) atoms. The number of carbonyl (C=O) groups is 1. The van der Waals surface area contributed by atoms with Crippen LogP contribution in [-0.4, -0.2) is 73.9 Å². The summed E-state index contributed by atoms with van der Waals surface area (Å²) in [6, 6.07) is 0.429. The first-order valence-corrected chi connectivity index (χ1v) is 10.3. The van der Waals surface area contributed by atoms with Gasteiger partial charge in [0, 0.05) is 38.1 Å². The van der Waals surface area contributed by atoms with E-state index < -0.39 is 0 Å². The van der Waals surface area contributed by atoms with Crippen molar-refractivity contribution in [3.8, 4) is 0 Å². The first-order valence-electron chi connectivity index (χ1n) is 10.3. The summed E-state index contributed by atoms with van der Waals surface area (Å²) >= 11 is 0. The van der Waals surface area contributed by atoms with E-state index in [-0.39, 0.29) is 17.9 Å². The third-order valence-corrected chi connectivity index (χ3v) is 5.29. The number of hydrogen-bond acceptors (Lipinski definition) is 5. The highest BCUT2D eigenvalue weighted by Crippen LogP contribution is 2.28. The van der Waals surface area contributed by atoms with Crippen LogP contribution in [0.4, 0.5) is 0 Å². The predicted octanol–water partition coefficient (Wildman–Crippen LogP) is 2.41. The predicted molar refractivity (Wildman–Crippen MR) is 104 cm³/mol. The van der Waals surface area contributed by atoms with Crippen molar-refractivity contribution < 1.29 is 19.0 Å². The molecule has 2 atom stereocenters. The Morgan fingerprint density at radius 2 is 1.93 bits per heavy atom. The van der Waals surface area contributed by atoms with E-state index in [1.807, 2.05) is 4.90 Å². The fraction of sp³-hybridized carbons (Fsp3) is 0.762. The van der Waals surface area contributed by atoms with Gasteiger partial charge in [-0.15, -0.1) is 0 Å². The Bertz CT molecular complexity index is 585. The van der Waals surface area contributed by atoms with Gasteiger partial charge in [0.15, 0.2) is 11.5 Å². The molecular weight excluding hydrogens is 344 g/mol. The molecule has 2 saturated heterocycles. The van der Waals surface area contributed by atoms with E-state index >= 15 is 0 Å². The average molecular weight is 379 g/mol. The lowest BCUT2D eigenvalue weighted by atomic mass is 9.97. The van der Waals surface area contributed by atoms with Gasteiger partial charge in [-0.2, -0.15) is 0 Å². The molecule has 2 aliphatic heterocycles. The van der Waals surface area contributed by atoms with Crippen molar-refractivity contribution in [2.24, 2.45) is 11.8 Å². The number of hydrogen-bond donors (Lipinski definition) is 0. The second-order valence-electron chi connectivity index (χ2n) is 8.38. The van der Waals surface area contributed by atoms with Gasteiger partial charge in [0.05, 0.1) is 6.61 Å². The zero-order valence-electron chi connectivity index (χ0n) is 17.1. The van der Waals surface area contributed by atoms with Gasteiger partial charge < -0.3 is 19.1 Å². The number of morpholine rings is 1. The molecule has 2 unspecified atom stereocenters. The molecule has 2 heterocycles. The van der Waals surface area contributed by atoms with Crippen LogP contribution in [0.15, 0.2) is 23.7 Å². The normalized spacial score (nSPS) is 26.0. The number of amides is 1. The summed E-state index contributed by atoms with van der Waals surface area (Å²) in [4.78, 5) is 17.6. The van der Waals surface area contributed by atoms with E-state index in [2.05, 4.69) is 44.7 Å². The maximum atomic E-state index is 13.2. The summed E-state index contributed by atoms with van der Waals surface area (Å²) in [7, 11) is 0. The van der Waals surface area contributed by atoms with Crippen LogP contribution < -0.4 is 0 Å². The molecule has 0 radical (unpaired) electrons. The standard InChI is InChI=1S/C21H34N2O4/c1-15(2)12-23(21(24)20-14-22(16(3)4)7-8-25-20)13-17-5-6-18-19(11-17)27-10-9-26-18/h6,11,15-17,20H,5,7-10,12-14H2,1-4H3. The summed E-state index contributed by atoms with van der Waals surface area (Å²) in [5.41, 5.74) is 0. The topological polar surface area (TPSA) is 51.2 Å². The number of fused-ring (bicyclic) bond motifs is 1. The van der Waals surface area contributed by atoms with Crippen molar-refractivity contribution in [3.05, 3.63) is 23.7 Å². The molecule has 3 rings (SSSR count). The van der Waals surface area contributed by atoms with E-state index in [1.54, 1.807) is 0 Å². The van der Waals surface area contributed by atoms with Gasteiger partial charge in [-0.1, -0.05) is 13.8 Å². The van der Waals surface area contributed by atoms with Crippen molar-refractivity contribution in [1.82, 2.24) is 9.80 Å². The number of carbonyl (C=O) groups excluding carboxylic acids is 1. The maximum Gasteiger partial charge on any atom is 0.253 e. The Morgan fingerprint density at radius 1 is 1.19 bits per heavy atom. The Labute approximate surface area is 163 Å². The lowest BCUT2D eigenvalue weighted by Gasteiger charge is -2.38. The molecule has 0 bridgehead atoms. The highest BCUT2D eigenvalue weighted by Gasteiger charge is 2.33. The van der Waals surface area contributed by atoms with Crippen molar-refractivity contribution >= 4 is 5.91 Å². The molecule has 6 heteroatoms. The Kier molecular flexibility index (Phi) is 6.82. The van der Waals surface area contributed by atoms with Crippen molar-refractivity contribution in [2.45, 2.75) is 46.3 Å². The highest BCUT2D eigenvalue weighted by atomic mass is 16.6. The quantitative estimate of drug-likeness (QED) is 0.710. The molecule has 152 valence electrons. The fourth-order valence-electron chi connectivity index (χ4n) is 3.87. The van der Waals surface area contributed by atoms with Gasteiger partial charge in [-0.05, 0) is 38.3 Å². The molecule has 0 aromatic carbocycles. The first-order chi connectivity index (χ1) is 12.9. The molecule has 0 N–H and O–H groups in total. The SMILES string of the molecule is CC(C)CN(CC1C=C2OCCOC2=CC1)C(=O)C1CN(C(C)C)CCO1. The number of rotatable bonds is 6. The second-order valence-corrected chi connectivity index (χ2v) is 8.38. The smallest absolute Gasteiger partial charge is 0.253 e. The number of nitrogens with zero attached hydrogens (tertiary/aromatic N) is 2. The Morgan fingerprint density at radius 3 is 2.63 bits per heavy atom. The van der Waals surface area contributed by atoms with Crippen LogP contribution in [0.3, 0.4) is 0 Å². The van der Waals surface area contributed by atoms with Crippen molar-refractivity contribution in [2.75, 3.05) is 46.0 Å². The van der Waals surface area contributed by atoms with Crippen LogP contribution in [0, 0.1) is 11.8 Å². The van der Waals surface area contributed by atoms with Crippen LogP contribution in [0.25, 0.3) is 0 Å². The van der Waals surface area contributed by atoms with Gasteiger partial charge in [-0.3, -0.25) is 9.69 Å². The molecule has 0 saturated carbocycles. The average Bonchev–Trinajstić information content (AvgIpc) is 2.66. The fourth-order valence-corrected chi connectivity index (χ4v) is 3.87. The number of ether oxygens (including phenoxy) is 3. The minimum absolute atomic E-state index is 0.114. The van der Waals surface area contributed by atoms with Gasteiger partial charge in [0.1, 0.15) is 19.3 Å². The minimum Gasteiger partial charge on any atom is -0.486 e. The Balaban J connectivity index is 1.66. The molecule has 0 aromatic rings. The van der Waals surface area contributed by atoms with Gasteiger partial charge >= 0.3 is 0 Å². The summed E-state index contributed by atoms with van der Waals surface area (Å²) < 4.78 is 17.2. The summed E-state index contributed by atoms with van der Waals surface area (Å²) in [5, 5.41) is 0. The van der Waals surface area contributed by atoms with Crippen LogP contribution in [0.2, 0.25) is 0 Å². The van der Waals surface area contributed by atoms with Crippen molar-refractivity contribution in [3.63, 3.8) is 0 Å². The second kappa shape index (κ2) is 9.11. The van der Waals surface area contributed by atoms with E-state index in [0.29, 0.717) is 44.9 Å². The third kappa shape index (κ3) is 5.26. The van der Waals surface area contributed by atoms with Crippen LogP contribution >= 0.6 is 0 Å². The lowest BCUT2D eigenvalue weighted by molar-refractivity contribution is -0.151. The summed E-state index contributed by atoms with van der Waals surface area (Å²) in [5.74, 6) is 2.45. The maximum absolute atomic E-state index is 13.2. The largest absolute Gasteiger partial charge is 0.486 e. The van der Waals surface area contributed by atoms with Crippen LogP contribution in [0.5, 0.6) is 0 Å². The molecule has 3 aliphatic rings. The Hall–Kier alpha value is -1.53. The monoisotopic (exact) mass is 378 g/mol. The lowest BCUT2D eigenvalue weighted by Crippen LogP contribution is -2.53. The molecule has 1 amide bonds. The molecule has 2 fully saturated rings. The van der Waals surface area contributed by atoms with E-state index in [0.717, 1.165) is 31.0 Å². The molecule has 1 aliphatic carbocycles. The molecular formula is C21H34N2O4. The minimum atomic E-state index is -0.364. The highest BCUT2D eigenvalue weighted by molar-refractivity contribution is 5.81. The van der Waals surface area contributed by atoms with E-state index in [4.69, 9.17) is 14.2 Å². The van der Waals surface area contributed by atoms with Crippen LogP contribution in [-0.2, 0) is 19.0 Å². The summed E-state index contributed by atoms with van der Waals surface area (Å²) in [6.07, 6.45) is 4.72. The zero-order chi connectivity index (χ0) is 19.4. The van der Waals surface area contributed by atoms with Crippen LogP contribution in [0.1, 0.15) is 34.1 Å². The van der Waals surface area contributed by atoms with Crippen molar-refractivity contribution in [1.29, 1.82) is 0 Å². The van der Waals surface area contributed by atoms with Gasteiger partial charge in [0.2, 0.25) is 0 Å². The third-order valence-electron chi connectivity index (χ3n) is 5.29.